The van der Waals surface area contributed by atoms with Gasteiger partial charge in [-0.3, -0.25) is 4.79 Å². The van der Waals surface area contributed by atoms with Crippen molar-refractivity contribution < 1.29 is 8.42 Å². The van der Waals surface area contributed by atoms with Gasteiger partial charge >= 0.3 is 4.87 Å². The van der Waals surface area contributed by atoms with E-state index in [2.05, 4.69) is 9.71 Å². The third-order valence-corrected chi connectivity index (χ3v) is 6.36. The fourth-order valence-corrected chi connectivity index (χ4v) is 5.04. The van der Waals surface area contributed by atoms with Crippen molar-refractivity contribution in [2.45, 2.75) is 49.3 Å². The maximum absolute atomic E-state index is 12.2. The molecule has 96 valence electrons. The number of nitrogens with one attached hydrogen (secondary N) is 2. The molecule has 5 nitrogen and oxygen atoms in total. The monoisotopic (exact) mass is 276 g/mol. The third-order valence-electron chi connectivity index (χ3n) is 3.11. The standard InChI is InChI=1S/C10H16N2O3S2/c1-7-8(16-9(13)11-7)17(14,15)12-10(2)5-3-4-6-10/h12H,3-6H2,1-2H3,(H,11,13). The molecule has 1 aromatic rings. The zero-order chi connectivity index (χ0) is 12.7. The molecule has 1 saturated carbocycles. The molecule has 7 heteroatoms. The molecule has 0 saturated heterocycles. The van der Waals surface area contributed by atoms with E-state index in [1.807, 2.05) is 6.92 Å². The maximum atomic E-state index is 12.2. The Hall–Kier alpha value is -0.660. The Morgan fingerprint density at radius 1 is 1.35 bits per heavy atom. The Bertz CT molecular complexity index is 565. The highest BCUT2D eigenvalue weighted by Crippen LogP contribution is 2.31. The van der Waals surface area contributed by atoms with E-state index in [4.69, 9.17) is 0 Å². The Morgan fingerprint density at radius 3 is 2.41 bits per heavy atom. The first kappa shape index (κ1) is 12.8. The van der Waals surface area contributed by atoms with Gasteiger partial charge in [0.25, 0.3) is 10.0 Å². The van der Waals surface area contributed by atoms with Crippen LogP contribution in [-0.4, -0.2) is 18.9 Å². The highest BCUT2D eigenvalue weighted by molar-refractivity contribution is 7.91. The van der Waals surface area contributed by atoms with Gasteiger partial charge in [-0.05, 0) is 26.7 Å². The Balaban J connectivity index is 2.31. The lowest BCUT2D eigenvalue weighted by Gasteiger charge is -2.24. The van der Waals surface area contributed by atoms with E-state index in [1.54, 1.807) is 6.92 Å². The molecule has 0 radical (unpaired) electrons. The first-order valence-corrected chi connectivity index (χ1v) is 7.86. The molecule has 0 unspecified atom stereocenters. The van der Waals surface area contributed by atoms with Gasteiger partial charge in [0.1, 0.15) is 0 Å². The number of hydrogen-bond acceptors (Lipinski definition) is 4. The summed E-state index contributed by atoms with van der Waals surface area (Å²) in [5.41, 5.74) is 0.0484. The van der Waals surface area contributed by atoms with Crippen molar-refractivity contribution in [2.75, 3.05) is 0 Å². The molecule has 0 amide bonds. The molecule has 0 spiro atoms. The van der Waals surface area contributed by atoms with Gasteiger partial charge < -0.3 is 4.98 Å². The average Bonchev–Trinajstić information content (AvgIpc) is 2.72. The van der Waals surface area contributed by atoms with E-state index in [0.717, 1.165) is 37.0 Å². The Kier molecular flexibility index (Phi) is 3.17. The van der Waals surface area contributed by atoms with E-state index in [1.165, 1.54) is 0 Å². The van der Waals surface area contributed by atoms with Crippen LogP contribution in [0.25, 0.3) is 0 Å². The van der Waals surface area contributed by atoms with Crippen molar-refractivity contribution in [1.82, 2.24) is 9.71 Å². The molecule has 1 heterocycles. The van der Waals surface area contributed by atoms with Gasteiger partial charge in [0.2, 0.25) is 0 Å². The van der Waals surface area contributed by atoms with Crippen LogP contribution in [0.3, 0.4) is 0 Å². The number of aryl methyl sites for hydroxylation is 1. The van der Waals surface area contributed by atoms with Gasteiger partial charge in [0, 0.05) is 11.2 Å². The fourth-order valence-electron chi connectivity index (χ4n) is 2.27. The van der Waals surface area contributed by atoms with Crippen molar-refractivity contribution in [2.24, 2.45) is 0 Å². The highest BCUT2D eigenvalue weighted by Gasteiger charge is 2.34. The summed E-state index contributed by atoms with van der Waals surface area (Å²) in [6, 6.07) is 0. The van der Waals surface area contributed by atoms with Crippen LogP contribution < -0.4 is 9.60 Å². The number of rotatable bonds is 3. The minimum atomic E-state index is -3.57. The average molecular weight is 276 g/mol. The summed E-state index contributed by atoms with van der Waals surface area (Å²) in [6.45, 7) is 3.52. The molecule has 0 atom stereocenters. The molecule has 1 aliphatic rings. The quantitative estimate of drug-likeness (QED) is 0.874. The zero-order valence-corrected chi connectivity index (χ0v) is 11.5. The Labute approximate surface area is 104 Å². The summed E-state index contributed by atoms with van der Waals surface area (Å²) in [7, 11) is -3.57. The molecule has 1 fully saturated rings. The second-order valence-electron chi connectivity index (χ2n) is 4.80. The van der Waals surface area contributed by atoms with Crippen LogP contribution in [0, 0.1) is 6.92 Å². The minimum Gasteiger partial charge on any atom is -0.315 e. The van der Waals surface area contributed by atoms with Gasteiger partial charge in [0.15, 0.2) is 4.21 Å². The van der Waals surface area contributed by atoms with Crippen molar-refractivity contribution in [3.63, 3.8) is 0 Å². The molecule has 2 rings (SSSR count). The van der Waals surface area contributed by atoms with E-state index < -0.39 is 10.0 Å². The van der Waals surface area contributed by atoms with Crippen molar-refractivity contribution in [3.8, 4) is 0 Å². The SMILES string of the molecule is Cc1[nH]c(=O)sc1S(=O)(=O)NC1(C)CCCC1. The normalized spacial score (nSPS) is 19.6. The second-order valence-corrected chi connectivity index (χ2v) is 7.66. The molecule has 0 aromatic carbocycles. The van der Waals surface area contributed by atoms with E-state index >= 15 is 0 Å². The lowest BCUT2D eigenvalue weighted by molar-refractivity contribution is 0.428. The van der Waals surface area contributed by atoms with E-state index in [-0.39, 0.29) is 14.6 Å². The number of aromatic amines is 1. The number of sulfonamides is 1. The van der Waals surface area contributed by atoms with Crippen LogP contribution >= 0.6 is 11.3 Å². The molecule has 1 aliphatic carbocycles. The highest BCUT2D eigenvalue weighted by atomic mass is 32.2. The van der Waals surface area contributed by atoms with Crippen molar-refractivity contribution in [3.05, 3.63) is 15.4 Å². The van der Waals surface area contributed by atoms with Crippen LogP contribution in [0.1, 0.15) is 38.3 Å². The van der Waals surface area contributed by atoms with Gasteiger partial charge in [0.05, 0.1) is 0 Å². The first-order valence-electron chi connectivity index (χ1n) is 5.56. The van der Waals surface area contributed by atoms with Crippen LogP contribution in [0.2, 0.25) is 0 Å². The lowest BCUT2D eigenvalue weighted by Crippen LogP contribution is -2.43. The van der Waals surface area contributed by atoms with Crippen LogP contribution in [-0.2, 0) is 10.0 Å². The second kappa shape index (κ2) is 4.22. The number of hydrogen-bond donors (Lipinski definition) is 2. The summed E-state index contributed by atoms with van der Waals surface area (Å²) in [6.07, 6.45) is 3.79. The Morgan fingerprint density at radius 2 is 1.94 bits per heavy atom. The number of aromatic nitrogens is 1. The van der Waals surface area contributed by atoms with Crippen LogP contribution in [0.4, 0.5) is 0 Å². The van der Waals surface area contributed by atoms with Crippen LogP contribution in [0.15, 0.2) is 9.00 Å². The summed E-state index contributed by atoms with van der Waals surface area (Å²) >= 11 is 0.742. The van der Waals surface area contributed by atoms with Gasteiger partial charge in [-0.1, -0.05) is 24.2 Å². The van der Waals surface area contributed by atoms with Crippen molar-refractivity contribution in [1.29, 1.82) is 0 Å². The molecular formula is C10H16N2O3S2. The van der Waals surface area contributed by atoms with Crippen molar-refractivity contribution >= 4 is 21.4 Å². The maximum Gasteiger partial charge on any atom is 0.305 e. The van der Waals surface area contributed by atoms with Gasteiger partial charge in [-0.15, -0.1) is 0 Å². The summed E-state index contributed by atoms with van der Waals surface area (Å²) in [5, 5.41) is 0. The largest absolute Gasteiger partial charge is 0.315 e. The predicted molar refractivity (Wildman–Crippen MR) is 66.9 cm³/mol. The zero-order valence-electron chi connectivity index (χ0n) is 9.87. The molecule has 0 bridgehead atoms. The molecule has 0 aliphatic heterocycles. The van der Waals surface area contributed by atoms with E-state index in [9.17, 15) is 13.2 Å². The van der Waals surface area contributed by atoms with E-state index in [0.29, 0.717) is 5.69 Å². The number of thiazole rings is 1. The molecular weight excluding hydrogens is 260 g/mol. The summed E-state index contributed by atoms with van der Waals surface area (Å²) in [5.74, 6) is 0. The molecule has 2 N–H and O–H groups in total. The molecule has 1 aromatic heterocycles. The number of H-pyrrole nitrogens is 1. The smallest absolute Gasteiger partial charge is 0.305 e. The summed E-state index contributed by atoms with van der Waals surface area (Å²) in [4.78, 5) is 13.3. The lowest BCUT2D eigenvalue weighted by atomic mass is 10.0. The summed E-state index contributed by atoms with van der Waals surface area (Å²) < 4.78 is 27.2. The molecule has 17 heavy (non-hydrogen) atoms. The minimum absolute atomic E-state index is 0.107. The third kappa shape index (κ3) is 2.61. The van der Waals surface area contributed by atoms with Crippen LogP contribution in [0.5, 0.6) is 0 Å². The topological polar surface area (TPSA) is 79.0 Å². The fraction of sp³-hybridized carbons (Fsp3) is 0.700. The predicted octanol–water partition coefficient (Wildman–Crippen LogP) is 1.36. The van der Waals surface area contributed by atoms with Gasteiger partial charge in [-0.25, -0.2) is 13.1 Å². The first-order chi connectivity index (χ1) is 7.82. The van der Waals surface area contributed by atoms with Gasteiger partial charge in [-0.2, -0.15) is 0 Å².